The molecular weight excluding hydrogens is 216 g/mol. The molecule has 0 aromatic heterocycles. The molecule has 0 amide bonds. The summed E-state index contributed by atoms with van der Waals surface area (Å²) in [5.41, 5.74) is 7.55. The third kappa shape index (κ3) is 2.10. The van der Waals surface area contributed by atoms with Crippen LogP contribution in [0.4, 0.5) is 0 Å². The lowest BCUT2D eigenvalue weighted by Gasteiger charge is -2.23. The first-order valence-electron chi connectivity index (χ1n) is 6.01. The Hall–Kier alpha value is -1.26. The summed E-state index contributed by atoms with van der Waals surface area (Å²) in [6, 6.07) is 6.11. The van der Waals surface area contributed by atoms with E-state index >= 15 is 0 Å². The van der Waals surface area contributed by atoms with Gasteiger partial charge < -0.3 is 20.1 Å². The highest BCUT2D eigenvalue weighted by Crippen LogP contribution is 2.34. The monoisotopic (exact) mass is 234 g/mol. The Morgan fingerprint density at radius 2 is 2.18 bits per heavy atom. The maximum atomic E-state index is 6.41. The smallest absolute Gasteiger partial charge is 0.231 e. The topological polar surface area (TPSA) is 47.7 Å². The van der Waals surface area contributed by atoms with Crippen LogP contribution < -0.4 is 15.2 Å². The molecule has 1 unspecified atom stereocenters. The molecule has 1 saturated heterocycles. The minimum absolute atomic E-state index is 0.0948. The number of nitrogens with zero attached hydrogens (tertiary/aromatic N) is 1. The Kier molecular flexibility index (Phi) is 2.49. The van der Waals surface area contributed by atoms with Crippen LogP contribution in [0.15, 0.2) is 18.2 Å². The molecule has 0 radical (unpaired) electrons. The van der Waals surface area contributed by atoms with Crippen molar-refractivity contribution in [3.63, 3.8) is 0 Å². The second kappa shape index (κ2) is 3.89. The van der Waals surface area contributed by atoms with Crippen molar-refractivity contribution in [2.24, 2.45) is 5.73 Å². The first kappa shape index (κ1) is 10.9. The number of hydrogen-bond acceptors (Lipinski definition) is 4. The largest absolute Gasteiger partial charge is 0.454 e. The van der Waals surface area contributed by atoms with E-state index in [1.807, 2.05) is 6.07 Å². The molecule has 2 aliphatic heterocycles. The van der Waals surface area contributed by atoms with Gasteiger partial charge in [0.25, 0.3) is 0 Å². The van der Waals surface area contributed by atoms with Gasteiger partial charge in [-0.3, -0.25) is 0 Å². The zero-order chi connectivity index (χ0) is 11.9. The lowest BCUT2D eigenvalue weighted by Crippen LogP contribution is -2.44. The molecule has 3 rings (SSSR count). The molecule has 2 aliphatic rings. The van der Waals surface area contributed by atoms with Crippen molar-refractivity contribution in [1.29, 1.82) is 0 Å². The highest BCUT2D eigenvalue weighted by Gasteiger charge is 2.33. The van der Waals surface area contributed by atoms with Gasteiger partial charge in [0, 0.05) is 12.1 Å². The van der Waals surface area contributed by atoms with Gasteiger partial charge in [-0.2, -0.15) is 0 Å². The van der Waals surface area contributed by atoms with Crippen molar-refractivity contribution in [1.82, 2.24) is 4.90 Å². The Balaban J connectivity index is 1.77. The number of likely N-dealkylation sites (tertiary alicyclic amines) is 1. The lowest BCUT2D eigenvalue weighted by molar-refractivity contribution is 0.174. The number of benzene rings is 1. The molecule has 0 aliphatic carbocycles. The summed E-state index contributed by atoms with van der Waals surface area (Å²) in [5.74, 6) is 1.68. The summed E-state index contributed by atoms with van der Waals surface area (Å²) in [6.07, 6.45) is 1.95. The van der Waals surface area contributed by atoms with Gasteiger partial charge in [-0.1, -0.05) is 6.07 Å². The van der Waals surface area contributed by atoms with Crippen LogP contribution in [0.1, 0.15) is 12.0 Å². The van der Waals surface area contributed by atoms with Crippen LogP contribution in [0.2, 0.25) is 0 Å². The molecule has 0 saturated carbocycles. The molecule has 1 aromatic carbocycles. The van der Waals surface area contributed by atoms with Crippen LogP contribution in [-0.2, 0) is 6.42 Å². The summed E-state index contributed by atoms with van der Waals surface area (Å²) < 4.78 is 10.7. The van der Waals surface area contributed by atoms with Gasteiger partial charge >= 0.3 is 0 Å². The lowest BCUT2D eigenvalue weighted by atomic mass is 9.91. The fourth-order valence-corrected chi connectivity index (χ4v) is 2.71. The summed E-state index contributed by atoms with van der Waals surface area (Å²) in [5, 5.41) is 0. The molecule has 0 bridgehead atoms. The molecule has 1 atom stereocenters. The Morgan fingerprint density at radius 3 is 2.94 bits per heavy atom. The van der Waals surface area contributed by atoms with Crippen molar-refractivity contribution in [3.05, 3.63) is 23.8 Å². The third-order valence-corrected chi connectivity index (χ3v) is 3.57. The van der Waals surface area contributed by atoms with Gasteiger partial charge in [0.15, 0.2) is 11.5 Å². The maximum absolute atomic E-state index is 6.41. The molecule has 4 nitrogen and oxygen atoms in total. The molecule has 1 fully saturated rings. The molecule has 17 heavy (non-hydrogen) atoms. The standard InChI is InChI=1S/C13H18N2O2/c1-15-5-4-13(14,8-15)7-10-2-3-11-12(6-10)17-9-16-11/h2-3,6H,4-5,7-9,14H2,1H3. The van der Waals surface area contributed by atoms with Gasteiger partial charge in [0.2, 0.25) is 6.79 Å². The van der Waals surface area contributed by atoms with Gasteiger partial charge in [0.05, 0.1) is 0 Å². The normalized spacial score (nSPS) is 27.6. The SMILES string of the molecule is CN1CCC(N)(Cc2ccc3c(c2)OCO3)C1. The predicted octanol–water partition coefficient (Wildman–Crippen LogP) is 0.991. The highest BCUT2D eigenvalue weighted by atomic mass is 16.7. The van der Waals surface area contributed by atoms with E-state index in [4.69, 9.17) is 15.2 Å². The minimum Gasteiger partial charge on any atom is -0.454 e. The Morgan fingerprint density at radius 1 is 1.35 bits per heavy atom. The molecule has 1 aromatic rings. The molecule has 0 spiro atoms. The van der Waals surface area contributed by atoms with E-state index in [0.29, 0.717) is 6.79 Å². The predicted molar refractivity (Wildman–Crippen MR) is 65.3 cm³/mol. The number of likely N-dealkylation sites (N-methyl/N-ethyl adjacent to an activating group) is 1. The first-order chi connectivity index (χ1) is 8.15. The number of fused-ring (bicyclic) bond motifs is 1. The van der Waals surface area contributed by atoms with Crippen LogP contribution >= 0.6 is 0 Å². The van der Waals surface area contributed by atoms with Crippen molar-refractivity contribution in [2.45, 2.75) is 18.4 Å². The molecule has 4 heteroatoms. The highest BCUT2D eigenvalue weighted by molar-refractivity contribution is 5.44. The minimum atomic E-state index is -0.0948. The van der Waals surface area contributed by atoms with Crippen molar-refractivity contribution in [3.8, 4) is 11.5 Å². The summed E-state index contributed by atoms with van der Waals surface area (Å²) in [4.78, 5) is 2.28. The van der Waals surface area contributed by atoms with E-state index in [2.05, 4.69) is 24.1 Å². The zero-order valence-electron chi connectivity index (χ0n) is 10.1. The molecule has 2 heterocycles. The summed E-state index contributed by atoms with van der Waals surface area (Å²) in [6.45, 7) is 2.37. The quantitative estimate of drug-likeness (QED) is 0.829. The van der Waals surface area contributed by atoms with E-state index in [0.717, 1.165) is 37.4 Å². The van der Waals surface area contributed by atoms with Crippen molar-refractivity contribution >= 4 is 0 Å². The van der Waals surface area contributed by atoms with E-state index in [1.165, 1.54) is 5.56 Å². The van der Waals surface area contributed by atoms with Crippen LogP contribution in [0.5, 0.6) is 11.5 Å². The van der Waals surface area contributed by atoms with E-state index in [9.17, 15) is 0 Å². The summed E-state index contributed by atoms with van der Waals surface area (Å²) in [7, 11) is 2.12. The van der Waals surface area contributed by atoms with Crippen molar-refractivity contribution in [2.75, 3.05) is 26.9 Å². The number of nitrogens with two attached hydrogens (primary N) is 1. The van der Waals surface area contributed by atoms with E-state index in [1.54, 1.807) is 0 Å². The number of hydrogen-bond donors (Lipinski definition) is 1. The Labute approximate surface area is 101 Å². The van der Waals surface area contributed by atoms with Crippen LogP contribution in [-0.4, -0.2) is 37.4 Å². The zero-order valence-corrected chi connectivity index (χ0v) is 10.1. The maximum Gasteiger partial charge on any atom is 0.231 e. The average molecular weight is 234 g/mol. The van der Waals surface area contributed by atoms with Gasteiger partial charge in [-0.25, -0.2) is 0 Å². The fourth-order valence-electron chi connectivity index (χ4n) is 2.71. The summed E-state index contributed by atoms with van der Waals surface area (Å²) >= 11 is 0. The molecule has 2 N–H and O–H groups in total. The van der Waals surface area contributed by atoms with Crippen LogP contribution in [0.3, 0.4) is 0 Å². The van der Waals surface area contributed by atoms with E-state index < -0.39 is 0 Å². The second-order valence-corrected chi connectivity index (χ2v) is 5.21. The number of rotatable bonds is 2. The van der Waals surface area contributed by atoms with Crippen LogP contribution in [0, 0.1) is 0 Å². The third-order valence-electron chi connectivity index (χ3n) is 3.57. The second-order valence-electron chi connectivity index (χ2n) is 5.21. The van der Waals surface area contributed by atoms with Crippen molar-refractivity contribution < 1.29 is 9.47 Å². The fraction of sp³-hybridized carbons (Fsp3) is 0.538. The number of ether oxygens (including phenoxy) is 2. The van der Waals surface area contributed by atoms with E-state index in [-0.39, 0.29) is 5.54 Å². The molecular formula is C13H18N2O2. The molecule has 92 valence electrons. The van der Waals surface area contributed by atoms with Gasteiger partial charge in [-0.05, 0) is 44.1 Å². The Bertz CT molecular complexity index is 435. The van der Waals surface area contributed by atoms with Crippen LogP contribution in [0.25, 0.3) is 0 Å². The first-order valence-corrected chi connectivity index (χ1v) is 6.01. The van der Waals surface area contributed by atoms with Gasteiger partial charge in [-0.15, -0.1) is 0 Å². The van der Waals surface area contributed by atoms with Gasteiger partial charge in [0.1, 0.15) is 0 Å². The average Bonchev–Trinajstić information content (AvgIpc) is 2.85.